The van der Waals surface area contributed by atoms with Gasteiger partial charge in [0.25, 0.3) is 0 Å². The maximum absolute atomic E-state index is 12.3. The minimum Gasteiger partial charge on any atom is -0.360 e. The molecule has 1 aliphatic heterocycles. The summed E-state index contributed by atoms with van der Waals surface area (Å²) in [7, 11) is -1.54. The number of rotatable bonds is 3. The number of aryl methyl sites for hydroxylation is 2. The van der Waals surface area contributed by atoms with E-state index >= 15 is 0 Å². The van der Waals surface area contributed by atoms with Crippen LogP contribution in [0.3, 0.4) is 0 Å². The topological polar surface area (TPSA) is 75.4 Å². The molecule has 18 heavy (non-hydrogen) atoms. The van der Waals surface area contributed by atoms with Crippen molar-refractivity contribution in [1.29, 1.82) is 0 Å². The van der Waals surface area contributed by atoms with Crippen molar-refractivity contribution >= 4 is 10.0 Å². The van der Waals surface area contributed by atoms with E-state index in [2.05, 4.69) is 14.8 Å². The van der Waals surface area contributed by atoms with Crippen molar-refractivity contribution in [3.8, 4) is 0 Å². The first-order valence-electron chi connectivity index (χ1n) is 6.04. The van der Waals surface area contributed by atoms with Gasteiger partial charge in [-0.25, -0.2) is 13.1 Å². The van der Waals surface area contributed by atoms with Crippen LogP contribution in [-0.2, 0) is 10.0 Å². The smallest absolute Gasteiger partial charge is 0.246 e. The number of hydrogen-bond acceptors (Lipinski definition) is 5. The molecule has 0 bridgehead atoms. The predicted octanol–water partition coefficient (Wildman–Crippen LogP) is 0.664. The average molecular weight is 273 g/mol. The molecule has 7 heteroatoms. The normalized spacial score (nSPS) is 22.3. The van der Waals surface area contributed by atoms with Gasteiger partial charge < -0.3 is 9.42 Å². The lowest BCUT2D eigenvalue weighted by Gasteiger charge is -2.29. The zero-order chi connectivity index (χ0) is 13.3. The molecule has 1 aromatic rings. The number of likely N-dealkylation sites (N-methyl/N-ethyl adjacent to an activating group) is 1. The van der Waals surface area contributed by atoms with E-state index in [9.17, 15) is 8.42 Å². The fraction of sp³-hybridized carbons (Fsp3) is 0.727. The number of piperidine rings is 1. The molecule has 0 amide bonds. The van der Waals surface area contributed by atoms with E-state index in [0.29, 0.717) is 11.5 Å². The third kappa shape index (κ3) is 2.73. The van der Waals surface area contributed by atoms with Gasteiger partial charge in [0.1, 0.15) is 10.6 Å². The van der Waals surface area contributed by atoms with Crippen molar-refractivity contribution in [2.75, 3.05) is 20.1 Å². The lowest BCUT2D eigenvalue weighted by Crippen LogP contribution is -2.46. The molecule has 1 aromatic heterocycles. The first-order chi connectivity index (χ1) is 8.40. The quantitative estimate of drug-likeness (QED) is 0.875. The number of nitrogens with zero attached hydrogens (tertiary/aromatic N) is 2. The summed E-state index contributed by atoms with van der Waals surface area (Å²) in [5.41, 5.74) is 0.407. The Morgan fingerprint density at radius 1 is 1.44 bits per heavy atom. The van der Waals surface area contributed by atoms with Gasteiger partial charge >= 0.3 is 0 Å². The Morgan fingerprint density at radius 2 is 2.17 bits per heavy atom. The summed E-state index contributed by atoms with van der Waals surface area (Å²) >= 11 is 0. The van der Waals surface area contributed by atoms with Gasteiger partial charge in [-0.2, -0.15) is 0 Å². The Kier molecular flexibility index (Phi) is 3.74. The highest BCUT2D eigenvalue weighted by molar-refractivity contribution is 7.89. The summed E-state index contributed by atoms with van der Waals surface area (Å²) in [5, 5.41) is 3.69. The number of aromatic nitrogens is 1. The van der Waals surface area contributed by atoms with E-state index in [-0.39, 0.29) is 10.9 Å². The van der Waals surface area contributed by atoms with Crippen LogP contribution in [0.15, 0.2) is 9.42 Å². The predicted molar refractivity (Wildman–Crippen MR) is 66.8 cm³/mol. The van der Waals surface area contributed by atoms with Crippen LogP contribution in [0.1, 0.15) is 24.3 Å². The van der Waals surface area contributed by atoms with E-state index in [1.54, 1.807) is 13.8 Å². The molecule has 0 radical (unpaired) electrons. The molecular weight excluding hydrogens is 254 g/mol. The third-order valence-electron chi connectivity index (χ3n) is 3.18. The third-order valence-corrected chi connectivity index (χ3v) is 4.95. The number of likely N-dealkylation sites (tertiary alicyclic amines) is 1. The Bertz CT molecular complexity index is 504. The molecule has 1 atom stereocenters. The van der Waals surface area contributed by atoms with Crippen LogP contribution in [0.25, 0.3) is 0 Å². The highest BCUT2D eigenvalue weighted by Crippen LogP contribution is 2.20. The van der Waals surface area contributed by atoms with Gasteiger partial charge in [-0.1, -0.05) is 5.16 Å². The first-order valence-corrected chi connectivity index (χ1v) is 7.52. The van der Waals surface area contributed by atoms with E-state index in [1.807, 2.05) is 7.05 Å². The standard InChI is InChI=1S/C11H19N3O3S/c1-8-11(9(2)17-12-8)18(15,16)13-10-5-4-6-14(3)7-10/h10,13H,4-7H2,1-3H3/t10-/m1/s1. The minimum absolute atomic E-state index is 0.0394. The molecule has 1 aliphatic rings. The highest BCUT2D eigenvalue weighted by atomic mass is 32.2. The van der Waals surface area contributed by atoms with Gasteiger partial charge in [0.15, 0.2) is 5.76 Å². The Labute approximate surface area is 107 Å². The maximum Gasteiger partial charge on any atom is 0.246 e. The molecule has 0 aliphatic carbocycles. The second-order valence-electron chi connectivity index (χ2n) is 4.88. The van der Waals surface area contributed by atoms with Crippen LogP contribution in [0.5, 0.6) is 0 Å². The van der Waals surface area contributed by atoms with E-state index in [4.69, 9.17) is 4.52 Å². The molecule has 0 unspecified atom stereocenters. The average Bonchev–Trinajstić information content (AvgIpc) is 2.58. The molecule has 1 saturated heterocycles. The second-order valence-corrected chi connectivity index (χ2v) is 6.53. The number of sulfonamides is 1. The molecular formula is C11H19N3O3S. The minimum atomic E-state index is -3.53. The summed E-state index contributed by atoms with van der Waals surface area (Å²) in [6.45, 7) is 5.01. The lowest BCUT2D eigenvalue weighted by atomic mass is 10.1. The Morgan fingerprint density at radius 3 is 2.72 bits per heavy atom. The van der Waals surface area contributed by atoms with E-state index < -0.39 is 10.0 Å². The molecule has 102 valence electrons. The molecule has 1 N–H and O–H groups in total. The molecule has 0 spiro atoms. The monoisotopic (exact) mass is 273 g/mol. The van der Waals surface area contributed by atoms with E-state index in [1.165, 1.54) is 0 Å². The van der Waals surface area contributed by atoms with Gasteiger partial charge in [0.05, 0.1) is 0 Å². The zero-order valence-corrected chi connectivity index (χ0v) is 11.7. The van der Waals surface area contributed by atoms with Crippen molar-refractivity contribution in [3.63, 3.8) is 0 Å². The summed E-state index contributed by atoms with van der Waals surface area (Å²) in [4.78, 5) is 2.31. The Hall–Kier alpha value is -0.920. The maximum atomic E-state index is 12.3. The molecule has 6 nitrogen and oxygen atoms in total. The molecule has 0 saturated carbocycles. The van der Waals surface area contributed by atoms with Crippen LogP contribution in [-0.4, -0.2) is 44.7 Å². The van der Waals surface area contributed by atoms with E-state index in [0.717, 1.165) is 25.9 Å². The van der Waals surface area contributed by atoms with Gasteiger partial charge in [-0.3, -0.25) is 0 Å². The van der Waals surface area contributed by atoms with Crippen molar-refractivity contribution in [2.24, 2.45) is 0 Å². The van der Waals surface area contributed by atoms with Gasteiger partial charge in [-0.05, 0) is 40.3 Å². The SMILES string of the molecule is Cc1noc(C)c1S(=O)(=O)N[C@@H]1CCCN(C)C1. The summed E-state index contributed by atoms with van der Waals surface area (Å²) in [6.07, 6.45) is 1.87. The number of nitrogens with one attached hydrogen (secondary N) is 1. The summed E-state index contributed by atoms with van der Waals surface area (Å²) < 4.78 is 32.2. The summed E-state index contributed by atoms with van der Waals surface area (Å²) in [5.74, 6) is 0.337. The molecule has 1 fully saturated rings. The van der Waals surface area contributed by atoms with Crippen molar-refractivity contribution in [3.05, 3.63) is 11.5 Å². The van der Waals surface area contributed by atoms with Gasteiger partial charge in [-0.15, -0.1) is 0 Å². The zero-order valence-electron chi connectivity index (χ0n) is 10.9. The lowest BCUT2D eigenvalue weighted by molar-refractivity contribution is 0.242. The van der Waals surface area contributed by atoms with Crippen LogP contribution in [0.4, 0.5) is 0 Å². The largest absolute Gasteiger partial charge is 0.360 e. The van der Waals surface area contributed by atoms with Crippen LogP contribution < -0.4 is 4.72 Å². The molecule has 0 aromatic carbocycles. The van der Waals surface area contributed by atoms with Crippen molar-refractivity contribution < 1.29 is 12.9 Å². The van der Waals surface area contributed by atoms with Crippen LogP contribution in [0.2, 0.25) is 0 Å². The fourth-order valence-electron chi connectivity index (χ4n) is 2.40. The van der Waals surface area contributed by atoms with Crippen molar-refractivity contribution in [1.82, 2.24) is 14.8 Å². The molecule has 2 heterocycles. The van der Waals surface area contributed by atoms with Crippen LogP contribution >= 0.6 is 0 Å². The summed E-state index contributed by atoms with van der Waals surface area (Å²) in [6, 6.07) is -0.0394. The van der Waals surface area contributed by atoms with Crippen molar-refractivity contribution in [2.45, 2.75) is 37.6 Å². The van der Waals surface area contributed by atoms with Gasteiger partial charge in [0, 0.05) is 12.6 Å². The van der Waals surface area contributed by atoms with Crippen LogP contribution in [0, 0.1) is 13.8 Å². The number of hydrogen-bond donors (Lipinski definition) is 1. The fourth-order valence-corrected chi connectivity index (χ4v) is 3.99. The second kappa shape index (κ2) is 4.99. The van der Waals surface area contributed by atoms with Gasteiger partial charge in [0.2, 0.25) is 10.0 Å². The first kappa shape index (κ1) is 13.5. The Balaban J connectivity index is 2.17. The highest BCUT2D eigenvalue weighted by Gasteiger charge is 2.28. The molecule has 2 rings (SSSR count).